The van der Waals surface area contributed by atoms with Gasteiger partial charge in [-0.15, -0.1) is 0 Å². The molecule has 0 aliphatic heterocycles. The number of hydrogen-bond acceptors (Lipinski definition) is 1. The van der Waals surface area contributed by atoms with Gasteiger partial charge in [0.1, 0.15) is 11.7 Å². The average molecular weight is 269 g/mol. The van der Waals surface area contributed by atoms with Crippen molar-refractivity contribution in [3.8, 4) is 0 Å². The molecule has 1 N–H and O–H groups in total. The van der Waals surface area contributed by atoms with Crippen LogP contribution in [0.2, 0.25) is 0 Å². The summed E-state index contributed by atoms with van der Waals surface area (Å²) in [5.41, 5.74) is 6.15. The van der Waals surface area contributed by atoms with E-state index in [1.54, 1.807) is 0 Å². The Balaban J connectivity index is 2.28. The van der Waals surface area contributed by atoms with Crippen LogP contribution < -0.4 is 5.06 Å². The molecule has 2 aliphatic rings. The Hall–Kier alpha value is -1.64. The first-order valence-electron chi connectivity index (χ1n) is 7.00. The van der Waals surface area contributed by atoms with Gasteiger partial charge in [0.25, 0.3) is 0 Å². The van der Waals surface area contributed by atoms with Crippen molar-refractivity contribution in [3.05, 3.63) is 76.2 Å². The fraction of sp³-hybridized carbons (Fsp3) is 0.333. The lowest BCUT2D eigenvalue weighted by atomic mass is 9.87. The van der Waals surface area contributed by atoms with E-state index >= 15 is 0 Å². The highest BCUT2D eigenvalue weighted by atomic mass is 16.5. The zero-order valence-corrected chi connectivity index (χ0v) is 12.8. The molecule has 106 valence electrons. The Bertz CT molecular complexity index is 587. The topological polar surface area (TPSA) is 27.5 Å². The fourth-order valence-electron chi connectivity index (χ4n) is 2.56. The molecule has 3 atom stereocenters. The normalized spacial score (nSPS) is 28.4. The van der Waals surface area contributed by atoms with Crippen molar-refractivity contribution in [2.24, 2.45) is 5.92 Å². The van der Waals surface area contributed by atoms with E-state index in [9.17, 15) is 5.21 Å². The van der Waals surface area contributed by atoms with Gasteiger partial charge in [0, 0.05) is 17.6 Å². The van der Waals surface area contributed by atoms with E-state index < -0.39 is 0 Å². The minimum absolute atomic E-state index is 0.116. The Morgan fingerprint density at radius 3 is 2.40 bits per heavy atom. The highest BCUT2D eigenvalue weighted by Gasteiger charge is 2.26. The third-order valence-corrected chi connectivity index (χ3v) is 4.52. The van der Waals surface area contributed by atoms with E-state index in [1.165, 1.54) is 11.1 Å². The van der Waals surface area contributed by atoms with Crippen LogP contribution in [0.4, 0.5) is 0 Å². The van der Waals surface area contributed by atoms with E-state index in [-0.39, 0.29) is 11.1 Å². The third-order valence-electron chi connectivity index (χ3n) is 4.52. The number of hydroxylamine groups is 2. The van der Waals surface area contributed by atoms with Gasteiger partial charge in [0.2, 0.25) is 0 Å². The second kappa shape index (κ2) is 5.39. The zero-order valence-electron chi connectivity index (χ0n) is 12.8. The summed E-state index contributed by atoms with van der Waals surface area (Å²) in [6.45, 7) is 16.4. The molecule has 0 saturated heterocycles. The maximum Gasteiger partial charge on any atom is 0.136 e. The Labute approximate surface area is 121 Å². The summed E-state index contributed by atoms with van der Waals surface area (Å²) < 4.78 is 0. The second-order valence-electron chi connectivity index (χ2n) is 5.82. The van der Waals surface area contributed by atoms with Crippen molar-refractivity contribution in [1.29, 1.82) is 0 Å². The first-order chi connectivity index (χ1) is 9.32. The zero-order chi connectivity index (χ0) is 15.0. The van der Waals surface area contributed by atoms with Gasteiger partial charge in [-0.2, -0.15) is 0 Å². The van der Waals surface area contributed by atoms with E-state index in [0.29, 0.717) is 5.92 Å². The summed E-state index contributed by atoms with van der Waals surface area (Å²) >= 11 is 0. The van der Waals surface area contributed by atoms with E-state index in [0.717, 1.165) is 22.4 Å². The molecule has 0 radical (unpaired) electrons. The largest absolute Gasteiger partial charge is 0.628 e. The van der Waals surface area contributed by atoms with E-state index in [2.05, 4.69) is 27.0 Å². The van der Waals surface area contributed by atoms with Gasteiger partial charge in [0.15, 0.2) is 0 Å². The van der Waals surface area contributed by atoms with Gasteiger partial charge < -0.3 is 10.3 Å². The van der Waals surface area contributed by atoms with Crippen LogP contribution in [0.15, 0.2) is 71.0 Å². The Kier molecular flexibility index (Phi) is 3.98. The smallest absolute Gasteiger partial charge is 0.136 e. The molecular formula is C18H23NO. The van der Waals surface area contributed by atoms with E-state index in [4.69, 9.17) is 0 Å². The number of nitrogens with one attached hydrogen (secondary N) is 1. The summed E-state index contributed by atoms with van der Waals surface area (Å²) in [6.07, 6.45) is 7.88. The summed E-state index contributed by atoms with van der Waals surface area (Å²) in [4.78, 5) is 0. The molecule has 2 heteroatoms. The fourth-order valence-corrected chi connectivity index (χ4v) is 2.56. The van der Waals surface area contributed by atoms with Crippen molar-refractivity contribution in [2.75, 3.05) is 0 Å². The van der Waals surface area contributed by atoms with Crippen LogP contribution in [-0.4, -0.2) is 6.04 Å². The van der Waals surface area contributed by atoms with Crippen LogP contribution in [0.5, 0.6) is 0 Å². The summed E-state index contributed by atoms with van der Waals surface area (Å²) in [7, 11) is 0. The molecule has 0 aromatic carbocycles. The molecule has 3 unspecified atom stereocenters. The summed E-state index contributed by atoms with van der Waals surface area (Å²) in [5.74, 6) is 0.320. The van der Waals surface area contributed by atoms with Crippen molar-refractivity contribution in [1.82, 2.24) is 0 Å². The Morgan fingerprint density at radius 1 is 1.15 bits per heavy atom. The lowest BCUT2D eigenvalue weighted by Crippen LogP contribution is -3.09. The van der Waals surface area contributed by atoms with Gasteiger partial charge in [-0.25, -0.2) is 0 Å². The van der Waals surface area contributed by atoms with Crippen molar-refractivity contribution in [2.45, 2.75) is 33.7 Å². The van der Waals surface area contributed by atoms with Crippen LogP contribution in [0.1, 0.15) is 27.7 Å². The minimum atomic E-state index is -0.241. The second-order valence-corrected chi connectivity index (χ2v) is 5.82. The van der Waals surface area contributed by atoms with Crippen LogP contribution in [0.25, 0.3) is 0 Å². The molecule has 0 heterocycles. The van der Waals surface area contributed by atoms with Crippen LogP contribution in [0, 0.1) is 11.1 Å². The number of allylic oxidation sites excluding steroid dienone is 6. The molecule has 0 spiro atoms. The van der Waals surface area contributed by atoms with Gasteiger partial charge in [-0.05, 0) is 49.6 Å². The predicted molar refractivity (Wildman–Crippen MR) is 84.9 cm³/mol. The molecule has 0 fully saturated rings. The van der Waals surface area contributed by atoms with E-state index in [1.807, 2.05) is 38.2 Å². The number of hydrogen-bond donors (Lipinski definition) is 1. The average Bonchev–Trinajstić information content (AvgIpc) is 2.41. The maximum atomic E-state index is 12.7. The quantitative estimate of drug-likeness (QED) is 0.766. The number of quaternary nitrogens is 1. The molecule has 2 aliphatic carbocycles. The lowest BCUT2D eigenvalue weighted by Gasteiger charge is -2.35. The molecule has 0 aromatic heterocycles. The number of rotatable bonds is 2. The van der Waals surface area contributed by atoms with Crippen molar-refractivity contribution >= 4 is 0 Å². The van der Waals surface area contributed by atoms with Crippen molar-refractivity contribution in [3.63, 3.8) is 0 Å². The van der Waals surface area contributed by atoms with Crippen LogP contribution >= 0.6 is 0 Å². The Morgan fingerprint density at radius 2 is 1.80 bits per heavy atom. The maximum absolute atomic E-state index is 12.7. The van der Waals surface area contributed by atoms with Crippen molar-refractivity contribution < 1.29 is 5.06 Å². The molecule has 0 amide bonds. The summed E-state index contributed by atoms with van der Waals surface area (Å²) in [5, 5.41) is 12.8. The molecule has 0 saturated carbocycles. The molecule has 2 rings (SSSR count). The predicted octanol–water partition coefficient (Wildman–Crippen LogP) is 3.24. The molecule has 20 heavy (non-hydrogen) atoms. The standard InChI is InChI=1S/C18H23NO/c1-11-7-8-18(16(6)15(11)5)19(20)17-9-12(2)14(4)13(3)10-17/h7-10,14,18-19H,2,6H2,1,3-5H3. The monoisotopic (exact) mass is 269 g/mol. The molecule has 0 aromatic rings. The van der Waals surface area contributed by atoms with Crippen LogP contribution in [-0.2, 0) is 0 Å². The highest BCUT2D eigenvalue weighted by Crippen LogP contribution is 2.26. The van der Waals surface area contributed by atoms with Gasteiger partial charge in [-0.1, -0.05) is 31.7 Å². The summed E-state index contributed by atoms with van der Waals surface area (Å²) in [6, 6.07) is -0.241. The van der Waals surface area contributed by atoms with Crippen LogP contribution in [0.3, 0.4) is 0 Å². The first-order valence-corrected chi connectivity index (χ1v) is 7.00. The van der Waals surface area contributed by atoms with Gasteiger partial charge >= 0.3 is 0 Å². The molecular weight excluding hydrogens is 246 g/mol. The molecule has 0 bridgehead atoms. The first kappa shape index (κ1) is 14.8. The third kappa shape index (κ3) is 2.49. The highest BCUT2D eigenvalue weighted by molar-refractivity contribution is 5.45. The van der Waals surface area contributed by atoms with Gasteiger partial charge in [-0.3, -0.25) is 0 Å². The SMILES string of the molecule is C=C1C=C([NH+]([O-])C2C=CC(C)=C(C)C2=C)C=C(C)C1C. The molecule has 2 nitrogen and oxygen atoms in total. The lowest BCUT2D eigenvalue weighted by molar-refractivity contribution is -0.817. The minimum Gasteiger partial charge on any atom is -0.628 e. The van der Waals surface area contributed by atoms with Gasteiger partial charge in [0.05, 0.1) is 0 Å².